The van der Waals surface area contributed by atoms with Gasteiger partial charge in [-0.1, -0.05) is 42.5 Å². The van der Waals surface area contributed by atoms with Gasteiger partial charge in [0.25, 0.3) is 0 Å². The highest BCUT2D eigenvalue weighted by Gasteiger charge is 2.09. The molecule has 180 valence electrons. The summed E-state index contributed by atoms with van der Waals surface area (Å²) in [6.07, 6.45) is 3.73. The first-order chi connectivity index (χ1) is 17.2. The maximum Gasteiger partial charge on any atom is 0.169 e. The van der Waals surface area contributed by atoms with Crippen LogP contribution in [-0.2, 0) is 25.7 Å². The third kappa shape index (κ3) is 6.80. The van der Waals surface area contributed by atoms with Gasteiger partial charge in [-0.25, -0.2) is 0 Å². The van der Waals surface area contributed by atoms with Crippen molar-refractivity contribution in [1.29, 1.82) is 0 Å². The summed E-state index contributed by atoms with van der Waals surface area (Å²) in [5.74, 6) is 4.02. The first kappa shape index (κ1) is 24.2. The standard InChI is InChI=1S/C31H32O4/c1-32-27-17-14-23(15-18-27)10-11-26-16-19-30(31(22-26)34-3)35-29-9-5-7-25(21-29)13-12-24-6-4-8-28(20-24)33-2/h4-9,14-22H,10-13H2,1-3H3. The van der Waals surface area contributed by atoms with Gasteiger partial charge in [-0.2, -0.15) is 0 Å². The Hall–Kier alpha value is -3.92. The van der Waals surface area contributed by atoms with Gasteiger partial charge in [0, 0.05) is 0 Å². The van der Waals surface area contributed by atoms with Crippen LogP contribution in [0.2, 0.25) is 0 Å². The Kier molecular flexibility index (Phi) is 8.29. The number of hydrogen-bond acceptors (Lipinski definition) is 4. The first-order valence-electron chi connectivity index (χ1n) is 11.9. The predicted octanol–water partition coefficient (Wildman–Crippen LogP) is 7.08. The van der Waals surface area contributed by atoms with Crippen LogP contribution < -0.4 is 18.9 Å². The van der Waals surface area contributed by atoms with E-state index in [2.05, 4.69) is 48.5 Å². The summed E-state index contributed by atoms with van der Waals surface area (Å²) in [7, 11) is 5.06. The van der Waals surface area contributed by atoms with Crippen molar-refractivity contribution < 1.29 is 18.9 Å². The van der Waals surface area contributed by atoms with E-state index >= 15 is 0 Å². The molecule has 0 aliphatic heterocycles. The van der Waals surface area contributed by atoms with Crippen LogP contribution in [0.15, 0.2) is 91.0 Å². The summed E-state index contributed by atoms with van der Waals surface area (Å²) in [5, 5.41) is 0. The number of rotatable bonds is 11. The molecule has 4 aromatic carbocycles. The van der Waals surface area contributed by atoms with Crippen molar-refractivity contribution in [2.24, 2.45) is 0 Å². The van der Waals surface area contributed by atoms with E-state index in [-0.39, 0.29) is 0 Å². The SMILES string of the molecule is COc1ccc(CCc2ccc(Oc3cccc(CCc4cccc(OC)c4)c3)c(OC)c2)cc1. The molecule has 0 heterocycles. The summed E-state index contributed by atoms with van der Waals surface area (Å²) < 4.78 is 22.4. The Morgan fingerprint density at radius 1 is 0.429 bits per heavy atom. The fourth-order valence-electron chi connectivity index (χ4n) is 4.04. The molecule has 0 atom stereocenters. The van der Waals surface area contributed by atoms with Crippen LogP contribution in [0.3, 0.4) is 0 Å². The molecule has 0 aliphatic rings. The Balaban J connectivity index is 1.38. The number of aryl methyl sites for hydroxylation is 4. The highest BCUT2D eigenvalue weighted by molar-refractivity contribution is 5.46. The van der Waals surface area contributed by atoms with Gasteiger partial charge in [0.15, 0.2) is 11.5 Å². The van der Waals surface area contributed by atoms with Crippen molar-refractivity contribution in [2.75, 3.05) is 21.3 Å². The molecule has 0 saturated carbocycles. The van der Waals surface area contributed by atoms with E-state index in [1.54, 1.807) is 21.3 Å². The van der Waals surface area contributed by atoms with Gasteiger partial charge in [-0.3, -0.25) is 0 Å². The smallest absolute Gasteiger partial charge is 0.169 e. The van der Waals surface area contributed by atoms with Crippen molar-refractivity contribution >= 4 is 0 Å². The van der Waals surface area contributed by atoms with Crippen molar-refractivity contribution in [2.45, 2.75) is 25.7 Å². The molecule has 0 aliphatic carbocycles. The quantitative estimate of drug-likeness (QED) is 0.236. The molecule has 4 nitrogen and oxygen atoms in total. The molecule has 0 spiro atoms. The minimum Gasteiger partial charge on any atom is -0.497 e. The van der Waals surface area contributed by atoms with Crippen LogP contribution in [0.5, 0.6) is 28.7 Å². The lowest BCUT2D eigenvalue weighted by atomic mass is 10.0. The van der Waals surface area contributed by atoms with Gasteiger partial charge in [-0.15, -0.1) is 0 Å². The fourth-order valence-corrected chi connectivity index (χ4v) is 4.04. The van der Waals surface area contributed by atoms with Gasteiger partial charge in [0.05, 0.1) is 21.3 Å². The molecule has 0 N–H and O–H groups in total. The molecule has 0 radical (unpaired) electrons. The minimum absolute atomic E-state index is 0.714. The Bertz CT molecular complexity index is 1230. The molecular weight excluding hydrogens is 436 g/mol. The van der Waals surface area contributed by atoms with Crippen LogP contribution in [0.25, 0.3) is 0 Å². The molecule has 0 bridgehead atoms. The first-order valence-corrected chi connectivity index (χ1v) is 11.9. The monoisotopic (exact) mass is 468 g/mol. The largest absolute Gasteiger partial charge is 0.497 e. The Morgan fingerprint density at radius 2 is 0.971 bits per heavy atom. The molecule has 35 heavy (non-hydrogen) atoms. The second kappa shape index (κ2) is 12.0. The molecular formula is C31H32O4. The molecule has 0 aromatic heterocycles. The van der Waals surface area contributed by atoms with Crippen molar-refractivity contribution in [1.82, 2.24) is 0 Å². The van der Waals surface area contributed by atoms with E-state index in [4.69, 9.17) is 18.9 Å². The number of methoxy groups -OCH3 is 3. The molecule has 0 saturated heterocycles. The van der Waals surface area contributed by atoms with Crippen molar-refractivity contribution in [3.8, 4) is 28.7 Å². The second-order valence-electron chi connectivity index (χ2n) is 8.43. The maximum atomic E-state index is 6.21. The van der Waals surface area contributed by atoms with E-state index in [9.17, 15) is 0 Å². The lowest BCUT2D eigenvalue weighted by Crippen LogP contribution is -1.96. The van der Waals surface area contributed by atoms with Gasteiger partial charge in [0.1, 0.15) is 17.2 Å². The van der Waals surface area contributed by atoms with Gasteiger partial charge in [0.2, 0.25) is 0 Å². The second-order valence-corrected chi connectivity index (χ2v) is 8.43. The van der Waals surface area contributed by atoms with E-state index in [1.807, 2.05) is 42.5 Å². The van der Waals surface area contributed by atoms with Crippen LogP contribution in [-0.4, -0.2) is 21.3 Å². The van der Waals surface area contributed by atoms with E-state index in [0.717, 1.165) is 48.7 Å². The summed E-state index contributed by atoms with van der Waals surface area (Å²) in [6, 6.07) is 30.8. The van der Waals surface area contributed by atoms with Gasteiger partial charge in [-0.05, 0) is 96.5 Å². The average Bonchev–Trinajstić information content (AvgIpc) is 2.92. The van der Waals surface area contributed by atoms with Crippen molar-refractivity contribution in [3.05, 3.63) is 113 Å². The van der Waals surface area contributed by atoms with Crippen molar-refractivity contribution in [3.63, 3.8) is 0 Å². The van der Waals surface area contributed by atoms with E-state index in [1.165, 1.54) is 22.3 Å². The third-order valence-electron chi connectivity index (χ3n) is 6.05. The normalized spacial score (nSPS) is 10.6. The van der Waals surface area contributed by atoms with E-state index < -0.39 is 0 Å². The molecule has 0 amide bonds. The van der Waals surface area contributed by atoms with Gasteiger partial charge < -0.3 is 18.9 Å². The highest BCUT2D eigenvalue weighted by Crippen LogP contribution is 2.33. The zero-order valence-corrected chi connectivity index (χ0v) is 20.6. The lowest BCUT2D eigenvalue weighted by Gasteiger charge is -2.13. The number of hydrogen-bond donors (Lipinski definition) is 0. The molecule has 0 fully saturated rings. The van der Waals surface area contributed by atoms with Crippen LogP contribution in [0.4, 0.5) is 0 Å². The summed E-state index contributed by atoms with van der Waals surface area (Å²) in [6.45, 7) is 0. The average molecular weight is 469 g/mol. The number of benzene rings is 4. The van der Waals surface area contributed by atoms with E-state index in [0.29, 0.717) is 5.75 Å². The van der Waals surface area contributed by atoms with Crippen LogP contribution >= 0.6 is 0 Å². The zero-order chi connectivity index (χ0) is 24.5. The molecule has 4 heteroatoms. The minimum atomic E-state index is 0.714. The topological polar surface area (TPSA) is 36.9 Å². The molecule has 4 rings (SSSR count). The van der Waals surface area contributed by atoms with Crippen LogP contribution in [0.1, 0.15) is 22.3 Å². The lowest BCUT2D eigenvalue weighted by molar-refractivity contribution is 0.378. The Labute approximate surface area is 208 Å². The third-order valence-corrected chi connectivity index (χ3v) is 6.05. The molecule has 4 aromatic rings. The summed E-state index contributed by atoms with van der Waals surface area (Å²) in [4.78, 5) is 0. The maximum absolute atomic E-state index is 6.21. The fraction of sp³-hybridized carbons (Fsp3) is 0.226. The predicted molar refractivity (Wildman–Crippen MR) is 140 cm³/mol. The molecule has 0 unspecified atom stereocenters. The number of ether oxygens (including phenoxy) is 4. The van der Waals surface area contributed by atoms with Gasteiger partial charge >= 0.3 is 0 Å². The summed E-state index contributed by atoms with van der Waals surface area (Å²) >= 11 is 0. The zero-order valence-electron chi connectivity index (χ0n) is 20.6. The highest BCUT2D eigenvalue weighted by atomic mass is 16.5. The van der Waals surface area contributed by atoms with Crippen LogP contribution in [0, 0.1) is 0 Å². The summed E-state index contributed by atoms with van der Waals surface area (Å²) in [5.41, 5.74) is 4.95. The Morgan fingerprint density at radius 3 is 1.60 bits per heavy atom.